The van der Waals surface area contributed by atoms with Crippen LogP contribution in [0.25, 0.3) is 0 Å². The second-order valence-electron chi connectivity index (χ2n) is 5.23. The average molecular weight is 237 g/mol. The van der Waals surface area contributed by atoms with Gasteiger partial charge in [0.25, 0.3) is 0 Å². The Morgan fingerprint density at radius 3 is 1.88 bits per heavy atom. The highest BCUT2D eigenvalue weighted by Crippen LogP contribution is 2.44. The van der Waals surface area contributed by atoms with Crippen molar-refractivity contribution in [2.24, 2.45) is 11.8 Å². The van der Waals surface area contributed by atoms with E-state index < -0.39 is 5.97 Å². The summed E-state index contributed by atoms with van der Waals surface area (Å²) in [5.74, 6) is 0.0227. The van der Waals surface area contributed by atoms with Gasteiger partial charge in [-0.25, -0.2) is 4.79 Å². The van der Waals surface area contributed by atoms with Gasteiger partial charge in [0.2, 0.25) is 5.91 Å². The zero-order valence-corrected chi connectivity index (χ0v) is 10.3. The molecular formula is C13H19NO3. The van der Waals surface area contributed by atoms with Gasteiger partial charge in [-0.2, -0.15) is 0 Å². The van der Waals surface area contributed by atoms with Crippen LogP contribution in [0.2, 0.25) is 0 Å². The van der Waals surface area contributed by atoms with Crippen LogP contribution >= 0.6 is 0 Å². The van der Waals surface area contributed by atoms with Crippen LogP contribution in [-0.2, 0) is 9.59 Å². The van der Waals surface area contributed by atoms with Crippen LogP contribution in [0.1, 0.15) is 39.5 Å². The van der Waals surface area contributed by atoms with E-state index in [1.54, 1.807) is 6.92 Å². The number of aliphatic carboxylic acids is 1. The molecule has 2 saturated carbocycles. The summed E-state index contributed by atoms with van der Waals surface area (Å²) in [5.41, 5.74) is 0.455. The molecule has 0 heterocycles. The Labute approximate surface area is 101 Å². The summed E-state index contributed by atoms with van der Waals surface area (Å²) >= 11 is 0. The van der Waals surface area contributed by atoms with E-state index in [9.17, 15) is 9.59 Å². The van der Waals surface area contributed by atoms with Crippen molar-refractivity contribution in [3.8, 4) is 0 Å². The number of carbonyl (C=O) groups is 2. The standard InChI is InChI=1S/C13H19NO3/c1-7(8(2)13(16)17)12(15)14-11(9-3-4-9)10-5-6-10/h9-11H,3-6H2,1-2H3,(H,14,15)(H,16,17). The van der Waals surface area contributed by atoms with Crippen LogP contribution in [0.4, 0.5) is 0 Å². The van der Waals surface area contributed by atoms with Crippen molar-refractivity contribution in [3.63, 3.8) is 0 Å². The van der Waals surface area contributed by atoms with Gasteiger partial charge < -0.3 is 10.4 Å². The fourth-order valence-electron chi connectivity index (χ4n) is 2.12. The molecule has 2 aliphatic carbocycles. The average Bonchev–Trinajstić information content (AvgIpc) is 3.16. The normalized spacial score (nSPS) is 21.1. The van der Waals surface area contributed by atoms with E-state index in [4.69, 9.17) is 5.11 Å². The van der Waals surface area contributed by atoms with Crippen molar-refractivity contribution in [1.82, 2.24) is 5.32 Å². The number of nitrogens with one attached hydrogen (secondary N) is 1. The minimum absolute atomic E-state index is 0.132. The Balaban J connectivity index is 1.99. The van der Waals surface area contributed by atoms with Gasteiger partial charge in [-0.05, 0) is 51.4 Å². The number of carboxylic acids is 1. The van der Waals surface area contributed by atoms with Crippen LogP contribution < -0.4 is 5.32 Å². The second-order valence-corrected chi connectivity index (χ2v) is 5.23. The Morgan fingerprint density at radius 2 is 1.53 bits per heavy atom. The van der Waals surface area contributed by atoms with E-state index >= 15 is 0 Å². The molecule has 4 heteroatoms. The molecule has 0 saturated heterocycles. The lowest BCUT2D eigenvalue weighted by Crippen LogP contribution is -2.39. The molecule has 17 heavy (non-hydrogen) atoms. The predicted molar refractivity (Wildman–Crippen MR) is 63.4 cm³/mol. The molecule has 0 aliphatic heterocycles. The smallest absolute Gasteiger partial charge is 0.331 e. The Hall–Kier alpha value is -1.32. The summed E-state index contributed by atoms with van der Waals surface area (Å²) in [4.78, 5) is 22.7. The molecule has 2 aliphatic rings. The first-order chi connectivity index (χ1) is 8.00. The van der Waals surface area contributed by atoms with Crippen LogP contribution in [0.5, 0.6) is 0 Å². The fraction of sp³-hybridized carbons (Fsp3) is 0.692. The topological polar surface area (TPSA) is 66.4 Å². The summed E-state index contributed by atoms with van der Waals surface area (Å²) in [6, 6.07) is 0.277. The molecule has 0 aromatic carbocycles. The molecule has 0 bridgehead atoms. The molecule has 0 atom stereocenters. The van der Waals surface area contributed by atoms with Gasteiger partial charge >= 0.3 is 5.97 Å². The third-order valence-electron chi connectivity index (χ3n) is 3.78. The third kappa shape index (κ3) is 2.87. The second kappa shape index (κ2) is 4.51. The van der Waals surface area contributed by atoms with Gasteiger partial charge in [-0.3, -0.25) is 4.79 Å². The molecule has 0 aromatic heterocycles. The van der Waals surface area contributed by atoms with E-state index in [0.29, 0.717) is 17.4 Å². The number of amides is 1. The molecule has 0 unspecified atom stereocenters. The molecule has 0 radical (unpaired) electrons. The van der Waals surface area contributed by atoms with Crippen molar-refractivity contribution in [3.05, 3.63) is 11.1 Å². The van der Waals surface area contributed by atoms with Crippen molar-refractivity contribution in [2.45, 2.75) is 45.6 Å². The minimum Gasteiger partial charge on any atom is -0.478 e. The largest absolute Gasteiger partial charge is 0.478 e. The molecule has 4 nitrogen and oxygen atoms in total. The molecule has 0 aromatic rings. The summed E-state index contributed by atoms with van der Waals surface area (Å²) in [7, 11) is 0. The maximum absolute atomic E-state index is 11.9. The van der Waals surface area contributed by atoms with Gasteiger partial charge in [0.1, 0.15) is 0 Å². The molecule has 1 amide bonds. The minimum atomic E-state index is -1.02. The van der Waals surface area contributed by atoms with E-state index in [0.717, 1.165) is 0 Å². The van der Waals surface area contributed by atoms with Crippen molar-refractivity contribution < 1.29 is 14.7 Å². The van der Waals surface area contributed by atoms with Gasteiger partial charge in [-0.15, -0.1) is 0 Å². The number of rotatable bonds is 5. The number of carbonyl (C=O) groups excluding carboxylic acids is 1. The van der Waals surface area contributed by atoms with E-state index in [1.807, 2.05) is 0 Å². The van der Waals surface area contributed by atoms with Gasteiger partial charge in [0.15, 0.2) is 0 Å². The summed E-state index contributed by atoms with van der Waals surface area (Å²) < 4.78 is 0. The molecular weight excluding hydrogens is 218 g/mol. The maximum atomic E-state index is 11.9. The highest BCUT2D eigenvalue weighted by molar-refractivity contribution is 6.01. The summed E-state index contributed by atoms with van der Waals surface area (Å²) in [6.45, 7) is 3.05. The van der Waals surface area contributed by atoms with Gasteiger partial charge in [-0.1, -0.05) is 0 Å². The van der Waals surface area contributed by atoms with Crippen LogP contribution in [0, 0.1) is 11.8 Å². The Kier molecular flexibility index (Phi) is 3.22. The van der Waals surface area contributed by atoms with E-state index in [-0.39, 0.29) is 17.5 Å². The first kappa shape index (κ1) is 12.1. The highest BCUT2D eigenvalue weighted by Gasteiger charge is 2.42. The molecule has 2 fully saturated rings. The Bertz CT molecular complexity index is 366. The highest BCUT2D eigenvalue weighted by atomic mass is 16.4. The van der Waals surface area contributed by atoms with Crippen molar-refractivity contribution >= 4 is 11.9 Å². The number of carboxylic acid groups (broad SMARTS) is 1. The summed E-state index contributed by atoms with van der Waals surface area (Å²) in [5, 5.41) is 11.9. The molecule has 94 valence electrons. The van der Waals surface area contributed by atoms with Crippen LogP contribution in [-0.4, -0.2) is 23.0 Å². The Morgan fingerprint density at radius 1 is 1.06 bits per heavy atom. The van der Waals surface area contributed by atoms with Crippen LogP contribution in [0.3, 0.4) is 0 Å². The van der Waals surface area contributed by atoms with Crippen molar-refractivity contribution in [2.75, 3.05) is 0 Å². The summed E-state index contributed by atoms with van der Waals surface area (Å²) in [6.07, 6.45) is 4.79. The van der Waals surface area contributed by atoms with E-state index in [2.05, 4.69) is 5.32 Å². The quantitative estimate of drug-likeness (QED) is 0.715. The number of hydrogen-bond acceptors (Lipinski definition) is 2. The van der Waals surface area contributed by atoms with Gasteiger partial charge in [0.05, 0.1) is 0 Å². The first-order valence-corrected chi connectivity index (χ1v) is 6.22. The van der Waals surface area contributed by atoms with E-state index in [1.165, 1.54) is 32.6 Å². The predicted octanol–water partition coefficient (Wildman–Crippen LogP) is 1.71. The first-order valence-electron chi connectivity index (χ1n) is 6.22. The maximum Gasteiger partial charge on any atom is 0.331 e. The fourth-order valence-corrected chi connectivity index (χ4v) is 2.12. The molecule has 2 N–H and O–H groups in total. The van der Waals surface area contributed by atoms with Gasteiger partial charge in [0, 0.05) is 17.2 Å². The lowest BCUT2D eigenvalue weighted by molar-refractivity contribution is -0.133. The SMILES string of the molecule is CC(C(=O)O)=C(C)C(=O)NC(C1CC1)C1CC1. The lowest BCUT2D eigenvalue weighted by Gasteiger charge is -2.18. The third-order valence-corrected chi connectivity index (χ3v) is 3.78. The monoisotopic (exact) mass is 237 g/mol. The molecule has 2 rings (SSSR count). The zero-order chi connectivity index (χ0) is 12.6. The van der Waals surface area contributed by atoms with Crippen molar-refractivity contribution in [1.29, 1.82) is 0 Å². The lowest BCUT2D eigenvalue weighted by atomic mass is 10.1. The molecule has 0 spiro atoms. The number of hydrogen-bond donors (Lipinski definition) is 2. The van der Waals surface area contributed by atoms with Crippen LogP contribution in [0.15, 0.2) is 11.1 Å². The zero-order valence-electron chi connectivity index (χ0n) is 10.3.